The van der Waals surface area contributed by atoms with Gasteiger partial charge in [0.25, 0.3) is 0 Å². The van der Waals surface area contributed by atoms with Crippen molar-refractivity contribution in [3.8, 4) is 0 Å². The minimum atomic E-state index is 0.175. The Kier molecular flexibility index (Phi) is 4.90. The molecule has 4 nitrogen and oxygen atoms in total. The van der Waals surface area contributed by atoms with Gasteiger partial charge in [-0.1, -0.05) is 6.92 Å². The molecule has 1 amide bonds. The van der Waals surface area contributed by atoms with E-state index < -0.39 is 0 Å². The van der Waals surface area contributed by atoms with Gasteiger partial charge in [0.15, 0.2) is 0 Å². The molecule has 0 saturated carbocycles. The monoisotopic (exact) mass is 200 g/mol. The number of hydrogen-bond acceptors (Lipinski definition) is 3. The minimum absolute atomic E-state index is 0.175. The van der Waals surface area contributed by atoms with Crippen LogP contribution in [0.25, 0.3) is 0 Å². The van der Waals surface area contributed by atoms with Gasteiger partial charge in [0, 0.05) is 25.7 Å². The van der Waals surface area contributed by atoms with E-state index in [1.807, 2.05) is 4.90 Å². The first-order valence-electron chi connectivity index (χ1n) is 5.35. The molecule has 0 spiro atoms. The second kappa shape index (κ2) is 5.98. The van der Waals surface area contributed by atoms with Crippen LogP contribution in [0.2, 0.25) is 0 Å². The molecule has 1 atom stereocenters. The highest BCUT2D eigenvalue weighted by Crippen LogP contribution is 2.08. The van der Waals surface area contributed by atoms with E-state index >= 15 is 0 Å². The van der Waals surface area contributed by atoms with Gasteiger partial charge in [-0.25, -0.2) is 0 Å². The Hall–Kier alpha value is -0.610. The normalized spacial score (nSPS) is 21.6. The van der Waals surface area contributed by atoms with Crippen LogP contribution in [0.15, 0.2) is 0 Å². The summed E-state index contributed by atoms with van der Waals surface area (Å²) in [6.07, 6.45) is 2.43. The van der Waals surface area contributed by atoms with Crippen LogP contribution in [0.3, 0.4) is 0 Å². The summed E-state index contributed by atoms with van der Waals surface area (Å²) in [6, 6.07) is 0.176. The molecule has 4 heteroatoms. The summed E-state index contributed by atoms with van der Waals surface area (Å²) in [7, 11) is 0. The van der Waals surface area contributed by atoms with Crippen LogP contribution in [-0.2, 0) is 9.53 Å². The average Bonchev–Trinajstić information content (AvgIpc) is 2.59. The van der Waals surface area contributed by atoms with Gasteiger partial charge in [-0.15, -0.1) is 0 Å². The highest BCUT2D eigenvalue weighted by molar-refractivity contribution is 5.76. The van der Waals surface area contributed by atoms with Crippen LogP contribution >= 0.6 is 0 Å². The summed E-state index contributed by atoms with van der Waals surface area (Å²) in [6.45, 7) is 4.87. The number of carbonyl (C=O) groups excluding carboxylic acids is 1. The second-order valence-electron chi connectivity index (χ2n) is 3.75. The van der Waals surface area contributed by atoms with Crippen molar-refractivity contribution < 1.29 is 9.53 Å². The van der Waals surface area contributed by atoms with Gasteiger partial charge < -0.3 is 15.4 Å². The Balaban J connectivity index is 2.09. The molecule has 2 N–H and O–H groups in total. The average molecular weight is 200 g/mol. The third-order valence-corrected chi connectivity index (χ3v) is 2.39. The third kappa shape index (κ3) is 3.64. The summed E-state index contributed by atoms with van der Waals surface area (Å²) < 4.78 is 5.26. The molecule has 1 saturated heterocycles. The van der Waals surface area contributed by atoms with Crippen LogP contribution in [0.4, 0.5) is 0 Å². The van der Waals surface area contributed by atoms with Crippen molar-refractivity contribution in [3.63, 3.8) is 0 Å². The first-order valence-corrected chi connectivity index (χ1v) is 5.35. The standard InChI is InChI=1S/C10H20N2O2/c1-2-6-14-7-4-10(13)12-5-3-9(11)8-12/h9H,2-8,11H2,1H3. The first kappa shape index (κ1) is 11.5. The van der Waals surface area contributed by atoms with E-state index in [-0.39, 0.29) is 11.9 Å². The van der Waals surface area contributed by atoms with Gasteiger partial charge in [0.05, 0.1) is 13.0 Å². The SMILES string of the molecule is CCCOCCC(=O)N1CCC(N)C1. The lowest BCUT2D eigenvalue weighted by molar-refractivity contribution is -0.131. The van der Waals surface area contributed by atoms with Crippen molar-refractivity contribution in [2.75, 3.05) is 26.3 Å². The number of amides is 1. The summed E-state index contributed by atoms with van der Waals surface area (Å²) in [5.74, 6) is 0.175. The zero-order valence-electron chi connectivity index (χ0n) is 8.87. The van der Waals surface area contributed by atoms with Crippen molar-refractivity contribution in [1.82, 2.24) is 4.90 Å². The van der Waals surface area contributed by atoms with Crippen LogP contribution < -0.4 is 5.73 Å². The molecule has 1 aliphatic heterocycles. The first-order chi connectivity index (χ1) is 6.74. The zero-order chi connectivity index (χ0) is 10.4. The predicted molar refractivity (Wildman–Crippen MR) is 54.9 cm³/mol. The number of ether oxygens (including phenoxy) is 1. The zero-order valence-corrected chi connectivity index (χ0v) is 8.87. The lowest BCUT2D eigenvalue weighted by Crippen LogP contribution is -2.32. The molecule has 1 rings (SSSR count). The van der Waals surface area contributed by atoms with Crippen LogP contribution in [0.5, 0.6) is 0 Å². The summed E-state index contributed by atoms with van der Waals surface area (Å²) in [5.41, 5.74) is 5.71. The van der Waals surface area contributed by atoms with Gasteiger partial charge >= 0.3 is 0 Å². The quantitative estimate of drug-likeness (QED) is 0.652. The molecule has 1 fully saturated rings. The van der Waals surface area contributed by atoms with E-state index in [1.165, 1.54) is 0 Å². The predicted octanol–water partition coefficient (Wildman–Crippen LogP) is 0.363. The van der Waals surface area contributed by atoms with Crippen molar-refractivity contribution in [1.29, 1.82) is 0 Å². The maximum absolute atomic E-state index is 11.5. The van der Waals surface area contributed by atoms with Crippen molar-refractivity contribution in [2.45, 2.75) is 32.2 Å². The van der Waals surface area contributed by atoms with Crippen LogP contribution in [0, 0.1) is 0 Å². The molecule has 0 aromatic carbocycles. The van der Waals surface area contributed by atoms with E-state index in [0.717, 1.165) is 26.0 Å². The molecular formula is C10H20N2O2. The smallest absolute Gasteiger partial charge is 0.224 e. The molecule has 82 valence electrons. The largest absolute Gasteiger partial charge is 0.381 e. The van der Waals surface area contributed by atoms with Crippen LogP contribution in [-0.4, -0.2) is 43.2 Å². The minimum Gasteiger partial charge on any atom is -0.381 e. The summed E-state index contributed by atoms with van der Waals surface area (Å²) in [5, 5.41) is 0. The lowest BCUT2D eigenvalue weighted by Gasteiger charge is -2.15. The summed E-state index contributed by atoms with van der Waals surface area (Å²) >= 11 is 0. The second-order valence-corrected chi connectivity index (χ2v) is 3.75. The van der Waals surface area contributed by atoms with E-state index in [4.69, 9.17) is 10.5 Å². The maximum Gasteiger partial charge on any atom is 0.224 e. The highest BCUT2D eigenvalue weighted by Gasteiger charge is 2.22. The van der Waals surface area contributed by atoms with Gasteiger partial charge in [0.2, 0.25) is 5.91 Å². The fourth-order valence-corrected chi connectivity index (χ4v) is 1.58. The molecule has 14 heavy (non-hydrogen) atoms. The third-order valence-electron chi connectivity index (χ3n) is 2.39. The van der Waals surface area contributed by atoms with E-state index in [9.17, 15) is 4.79 Å². The molecule has 0 aliphatic carbocycles. The number of carbonyl (C=O) groups is 1. The molecular weight excluding hydrogens is 180 g/mol. The maximum atomic E-state index is 11.5. The van der Waals surface area contributed by atoms with E-state index in [0.29, 0.717) is 19.6 Å². The highest BCUT2D eigenvalue weighted by atomic mass is 16.5. The number of rotatable bonds is 5. The van der Waals surface area contributed by atoms with Crippen molar-refractivity contribution >= 4 is 5.91 Å². The number of nitrogens with two attached hydrogens (primary N) is 1. The lowest BCUT2D eigenvalue weighted by atomic mass is 10.3. The van der Waals surface area contributed by atoms with E-state index in [2.05, 4.69) is 6.92 Å². The molecule has 0 radical (unpaired) electrons. The topological polar surface area (TPSA) is 55.6 Å². The molecule has 0 bridgehead atoms. The fraction of sp³-hybridized carbons (Fsp3) is 0.900. The Morgan fingerprint density at radius 1 is 1.57 bits per heavy atom. The molecule has 1 aliphatic rings. The Morgan fingerprint density at radius 2 is 2.36 bits per heavy atom. The Labute approximate surface area is 85.4 Å². The van der Waals surface area contributed by atoms with Crippen LogP contribution in [0.1, 0.15) is 26.2 Å². The van der Waals surface area contributed by atoms with E-state index in [1.54, 1.807) is 0 Å². The van der Waals surface area contributed by atoms with Gasteiger partial charge in [-0.3, -0.25) is 4.79 Å². The molecule has 0 aromatic rings. The molecule has 0 aromatic heterocycles. The van der Waals surface area contributed by atoms with Crippen molar-refractivity contribution in [3.05, 3.63) is 0 Å². The van der Waals surface area contributed by atoms with Crippen molar-refractivity contribution in [2.24, 2.45) is 5.73 Å². The van der Waals surface area contributed by atoms with Gasteiger partial charge in [0.1, 0.15) is 0 Å². The number of hydrogen-bond donors (Lipinski definition) is 1. The Bertz CT molecular complexity index is 185. The summed E-state index contributed by atoms with van der Waals surface area (Å²) in [4.78, 5) is 13.4. The number of nitrogens with zero attached hydrogens (tertiary/aromatic N) is 1. The van der Waals surface area contributed by atoms with Gasteiger partial charge in [-0.2, -0.15) is 0 Å². The fourth-order valence-electron chi connectivity index (χ4n) is 1.58. The van der Waals surface area contributed by atoms with Gasteiger partial charge in [-0.05, 0) is 12.8 Å². The number of likely N-dealkylation sites (tertiary alicyclic amines) is 1. The molecule has 1 unspecified atom stereocenters. The Morgan fingerprint density at radius 3 is 2.93 bits per heavy atom. The molecule has 1 heterocycles.